The van der Waals surface area contributed by atoms with Gasteiger partial charge in [-0.15, -0.1) is 21.5 Å². The molecular formula is C25H25N5O4S2. The maximum atomic E-state index is 12.6. The molecule has 0 radical (unpaired) electrons. The maximum Gasteiger partial charge on any atom is 0.338 e. The van der Waals surface area contributed by atoms with Crippen molar-refractivity contribution in [2.24, 2.45) is 0 Å². The van der Waals surface area contributed by atoms with E-state index in [-0.39, 0.29) is 0 Å². The summed E-state index contributed by atoms with van der Waals surface area (Å²) < 4.78 is 12.7. The molecule has 4 rings (SSSR count). The van der Waals surface area contributed by atoms with E-state index in [1.807, 2.05) is 54.3 Å². The van der Waals surface area contributed by atoms with Crippen molar-refractivity contribution in [3.05, 3.63) is 65.3 Å². The van der Waals surface area contributed by atoms with Crippen molar-refractivity contribution in [2.45, 2.75) is 32.0 Å². The van der Waals surface area contributed by atoms with Gasteiger partial charge in [-0.25, -0.2) is 9.78 Å². The molecule has 11 heteroatoms. The molecule has 0 spiro atoms. The lowest BCUT2D eigenvalue weighted by Gasteiger charge is -2.13. The Morgan fingerprint density at radius 3 is 2.50 bits per heavy atom. The van der Waals surface area contributed by atoms with Gasteiger partial charge in [0.25, 0.3) is 5.91 Å². The summed E-state index contributed by atoms with van der Waals surface area (Å²) in [5, 5.41) is 13.9. The van der Waals surface area contributed by atoms with E-state index in [1.165, 1.54) is 30.0 Å². The second-order valence-corrected chi connectivity index (χ2v) is 9.28. The van der Waals surface area contributed by atoms with Crippen LogP contribution in [0.4, 0.5) is 5.13 Å². The van der Waals surface area contributed by atoms with Crippen LogP contribution >= 0.6 is 23.1 Å². The number of aryl methyl sites for hydroxylation is 1. The fraction of sp³-hybridized carbons (Fsp3) is 0.240. The van der Waals surface area contributed by atoms with Crippen LogP contribution in [-0.2, 0) is 9.53 Å². The Kier molecular flexibility index (Phi) is 8.01. The van der Waals surface area contributed by atoms with Crippen LogP contribution in [0.15, 0.2) is 59.1 Å². The van der Waals surface area contributed by atoms with Crippen LogP contribution in [0.3, 0.4) is 0 Å². The van der Waals surface area contributed by atoms with Crippen LogP contribution in [0.25, 0.3) is 16.9 Å². The first-order valence-corrected chi connectivity index (χ1v) is 13.3. The highest BCUT2D eigenvalue weighted by atomic mass is 32.2. The number of hydrogen-bond donors (Lipinski definition) is 1. The van der Waals surface area contributed by atoms with Crippen molar-refractivity contribution < 1.29 is 19.1 Å². The van der Waals surface area contributed by atoms with Gasteiger partial charge in [0.1, 0.15) is 11.6 Å². The summed E-state index contributed by atoms with van der Waals surface area (Å²) in [4.78, 5) is 29.7. The van der Waals surface area contributed by atoms with Gasteiger partial charge in [-0.3, -0.25) is 14.7 Å². The number of aromatic nitrogens is 4. The molecule has 1 atom stereocenters. The summed E-state index contributed by atoms with van der Waals surface area (Å²) in [6, 6.07) is 14.4. The molecule has 0 aliphatic rings. The predicted octanol–water partition coefficient (Wildman–Crippen LogP) is 5.00. The maximum absolute atomic E-state index is 12.6. The molecular weight excluding hydrogens is 498 g/mol. The number of anilines is 1. The lowest BCUT2D eigenvalue weighted by Crippen LogP contribution is -2.30. The molecule has 2 aromatic carbocycles. The van der Waals surface area contributed by atoms with E-state index in [9.17, 15) is 9.59 Å². The van der Waals surface area contributed by atoms with Crippen LogP contribution in [0.1, 0.15) is 30.0 Å². The van der Waals surface area contributed by atoms with Crippen molar-refractivity contribution >= 4 is 40.1 Å². The standard InChI is InChI=1S/C25H25N5O4S2/c1-5-33-20-12-8-17(9-13-20)21-14-36-24(26-21)27-22(31)15(2)34-23(32)18-6-10-19(11-7-18)30-16(3)28-29-25(30)35-4/h6-15H,5H2,1-4H3,(H,26,27,31). The first-order chi connectivity index (χ1) is 17.4. The van der Waals surface area contributed by atoms with Crippen LogP contribution in [0, 0.1) is 6.92 Å². The normalized spacial score (nSPS) is 11.7. The zero-order chi connectivity index (χ0) is 25.7. The molecule has 0 aliphatic carbocycles. The highest BCUT2D eigenvalue weighted by molar-refractivity contribution is 7.98. The largest absolute Gasteiger partial charge is 0.494 e. The molecule has 0 saturated heterocycles. The molecule has 1 N–H and O–H groups in total. The molecule has 4 aromatic rings. The number of nitrogens with zero attached hydrogens (tertiary/aromatic N) is 4. The summed E-state index contributed by atoms with van der Waals surface area (Å²) in [5.74, 6) is 0.475. The van der Waals surface area contributed by atoms with Gasteiger partial charge in [0.2, 0.25) is 0 Å². The molecule has 1 unspecified atom stereocenters. The molecule has 0 fully saturated rings. The van der Waals surface area contributed by atoms with E-state index in [4.69, 9.17) is 9.47 Å². The summed E-state index contributed by atoms with van der Waals surface area (Å²) >= 11 is 2.78. The fourth-order valence-corrected chi connectivity index (χ4v) is 4.63. The van der Waals surface area contributed by atoms with Gasteiger partial charge in [0.05, 0.1) is 17.9 Å². The summed E-state index contributed by atoms with van der Waals surface area (Å²) in [6.45, 7) is 5.91. The third kappa shape index (κ3) is 5.74. The topological polar surface area (TPSA) is 108 Å². The second-order valence-electron chi connectivity index (χ2n) is 7.65. The smallest absolute Gasteiger partial charge is 0.338 e. The monoisotopic (exact) mass is 523 g/mol. The van der Waals surface area contributed by atoms with Crippen molar-refractivity contribution in [1.82, 2.24) is 19.7 Å². The van der Waals surface area contributed by atoms with Crippen LogP contribution in [0.5, 0.6) is 5.75 Å². The molecule has 0 saturated carbocycles. The minimum absolute atomic E-state index is 0.335. The van der Waals surface area contributed by atoms with Gasteiger partial charge in [0, 0.05) is 16.6 Å². The fourth-order valence-electron chi connectivity index (χ4n) is 3.36. The Labute approximate surface area is 216 Å². The van der Waals surface area contributed by atoms with E-state index >= 15 is 0 Å². The molecule has 186 valence electrons. The second kappa shape index (κ2) is 11.4. The van der Waals surface area contributed by atoms with Gasteiger partial charge in [-0.2, -0.15) is 0 Å². The summed E-state index contributed by atoms with van der Waals surface area (Å²) in [5.41, 5.74) is 2.80. The number of carbonyl (C=O) groups excluding carboxylic acids is 2. The van der Waals surface area contributed by atoms with E-state index in [0.717, 1.165) is 33.7 Å². The number of rotatable bonds is 9. The Morgan fingerprint density at radius 1 is 1.11 bits per heavy atom. The average Bonchev–Trinajstić information content (AvgIpc) is 3.51. The molecule has 0 bridgehead atoms. The number of amides is 1. The number of esters is 1. The van der Waals surface area contributed by atoms with Gasteiger partial charge in [-0.05, 0) is 75.6 Å². The summed E-state index contributed by atoms with van der Waals surface area (Å²) in [6.07, 6.45) is 0.920. The third-order valence-corrected chi connectivity index (χ3v) is 6.57. The Hall–Kier alpha value is -3.70. The summed E-state index contributed by atoms with van der Waals surface area (Å²) in [7, 11) is 0. The third-order valence-electron chi connectivity index (χ3n) is 5.19. The molecule has 1 amide bonds. The molecule has 2 heterocycles. The molecule has 2 aromatic heterocycles. The Balaban J connectivity index is 1.35. The van der Waals surface area contributed by atoms with Crippen molar-refractivity contribution in [1.29, 1.82) is 0 Å². The Bertz CT molecular complexity index is 1350. The molecule has 36 heavy (non-hydrogen) atoms. The van der Waals surface area contributed by atoms with Gasteiger partial charge >= 0.3 is 5.97 Å². The number of benzene rings is 2. The first kappa shape index (κ1) is 25.4. The number of thiazole rings is 1. The minimum Gasteiger partial charge on any atom is -0.494 e. The Morgan fingerprint density at radius 2 is 1.83 bits per heavy atom. The number of nitrogens with one attached hydrogen (secondary N) is 1. The van der Waals surface area contributed by atoms with Gasteiger partial charge in [0.15, 0.2) is 16.4 Å². The minimum atomic E-state index is -1.00. The highest BCUT2D eigenvalue weighted by Gasteiger charge is 2.21. The van der Waals surface area contributed by atoms with Gasteiger partial charge in [-0.1, -0.05) is 11.8 Å². The van der Waals surface area contributed by atoms with Crippen LogP contribution in [-0.4, -0.2) is 50.6 Å². The van der Waals surface area contributed by atoms with E-state index in [1.54, 1.807) is 24.3 Å². The van der Waals surface area contributed by atoms with E-state index < -0.39 is 18.0 Å². The number of hydrogen-bond acceptors (Lipinski definition) is 9. The van der Waals surface area contributed by atoms with E-state index in [0.29, 0.717) is 17.3 Å². The SMILES string of the molecule is CCOc1ccc(-c2csc(NC(=O)C(C)OC(=O)c3ccc(-n4c(C)nnc4SC)cc3)n2)cc1. The van der Waals surface area contributed by atoms with Crippen molar-refractivity contribution in [3.63, 3.8) is 0 Å². The highest BCUT2D eigenvalue weighted by Crippen LogP contribution is 2.27. The molecule has 0 aliphatic heterocycles. The van der Waals surface area contributed by atoms with E-state index in [2.05, 4.69) is 20.5 Å². The lowest BCUT2D eigenvalue weighted by atomic mass is 10.2. The predicted molar refractivity (Wildman–Crippen MR) is 140 cm³/mol. The zero-order valence-electron chi connectivity index (χ0n) is 20.2. The first-order valence-electron chi connectivity index (χ1n) is 11.2. The number of carbonyl (C=O) groups is 2. The quantitative estimate of drug-likeness (QED) is 0.241. The van der Waals surface area contributed by atoms with Crippen LogP contribution < -0.4 is 10.1 Å². The zero-order valence-corrected chi connectivity index (χ0v) is 21.9. The molecule has 9 nitrogen and oxygen atoms in total. The van der Waals surface area contributed by atoms with Crippen LogP contribution in [0.2, 0.25) is 0 Å². The van der Waals surface area contributed by atoms with Gasteiger partial charge < -0.3 is 9.47 Å². The van der Waals surface area contributed by atoms with Crippen molar-refractivity contribution in [3.8, 4) is 22.7 Å². The van der Waals surface area contributed by atoms with Crippen molar-refractivity contribution in [2.75, 3.05) is 18.2 Å². The lowest BCUT2D eigenvalue weighted by molar-refractivity contribution is -0.123. The number of thioether (sulfide) groups is 1. The number of ether oxygens (including phenoxy) is 2. The average molecular weight is 524 g/mol.